The highest BCUT2D eigenvalue weighted by molar-refractivity contribution is 6.46. The minimum atomic E-state index is -0.791. The van der Waals surface area contributed by atoms with Crippen LogP contribution < -0.4 is 19.5 Å². The molecule has 0 radical (unpaired) electrons. The Morgan fingerprint density at radius 1 is 1.16 bits per heavy atom. The molecule has 1 N–H and O–H groups in total. The number of Topliss-reactive ketones (excluding diaryl/α,β-unsaturated/α-hetero) is 1. The predicted octanol–water partition coefficient (Wildman–Crippen LogP) is 1.57. The van der Waals surface area contributed by atoms with E-state index in [1.165, 1.54) is 9.80 Å². The maximum Gasteiger partial charge on any atom is 0.295 e. The molecule has 0 bridgehead atoms. The van der Waals surface area contributed by atoms with Gasteiger partial charge in [-0.15, -0.1) is 0 Å². The number of carbonyl (C=O) groups is 2. The monoisotopic (exact) mass is 520 g/mol. The number of carbonyl (C=O) groups excluding carboxylic acids is 2. The second kappa shape index (κ2) is 12.8. The zero-order chi connectivity index (χ0) is 27.1. The molecule has 2 fully saturated rings. The summed E-state index contributed by atoms with van der Waals surface area (Å²) in [7, 11) is 0. The molecule has 0 spiro atoms. The average molecular weight is 521 g/mol. The van der Waals surface area contributed by atoms with Crippen LogP contribution in [0.2, 0.25) is 0 Å². The highest BCUT2D eigenvalue weighted by Gasteiger charge is 2.44. The van der Waals surface area contributed by atoms with Crippen LogP contribution in [0.15, 0.2) is 66.8 Å². The lowest BCUT2D eigenvalue weighted by atomic mass is 9.95. The van der Waals surface area contributed by atoms with Gasteiger partial charge in [0, 0.05) is 18.5 Å². The molecule has 0 aliphatic carbocycles. The third-order valence-electron chi connectivity index (χ3n) is 6.69. The van der Waals surface area contributed by atoms with Crippen molar-refractivity contribution in [1.82, 2.24) is 4.90 Å². The maximum atomic E-state index is 13.7. The van der Waals surface area contributed by atoms with Gasteiger partial charge in [-0.1, -0.05) is 42.7 Å². The topological polar surface area (TPSA) is 92.6 Å². The van der Waals surface area contributed by atoms with Gasteiger partial charge in [0.1, 0.15) is 31.2 Å². The van der Waals surface area contributed by atoms with E-state index >= 15 is 0 Å². The Bertz CT molecular complexity index is 1170. The summed E-state index contributed by atoms with van der Waals surface area (Å²) in [5, 5.41) is 13.7. The van der Waals surface area contributed by atoms with Crippen molar-refractivity contribution in [2.45, 2.75) is 32.4 Å². The molecule has 4 rings (SSSR count). The molecule has 2 heterocycles. The van der Waals surface area contributed by atoms with Crippen LogP contribution in [0.4, 0.5) is 0 Å². The summed E-state index contributed by atoms with van der Waals surface area (Å²) in [4.78, 5) is 29.5. The Labute approximate surface area is 224 Å². The number of nitrogens with zero attached hydrogens (tertiary/aromatic N) is 1. The van der Waals surface area contributed by atoms with Crippen molar-refractivity contribution in [3.8, 4) is 11.5 Å². The van der Waals surface area contributed by atoms with Gasteiger partial charge in [0.25, 0.3) is 5.91 Å². The number of hydrogen-bond acceptors (Lipinski definition) is 6. The molecule has 8 nitrogen and oxygen atoms in total. The molecule has 0 aromatic heterocycles. The van der Waals surface area contributed by atoms with Gasteiger partial charge >= 0.3 is 0 Å². The Balaban J connectivity index is 1.67. The molecular formula is C30H36N2O6. The van der Waals surface area contributed by atoms with Crippen molar-refractivity contribution >= 4 is 17.4 Å². The third-order valence-corrected chi connectivity index (χ3v) is 6.69. The summed E-state index contributed by atoms with van der Waals surface area (Å²) in [6.45, 7) is 12.4. The third kappa shape index (κ3) is 6.44. The van der Waals surface area contributed by atoms with E-state index in [0.717, 1.165) is 32.8 Å². The van der Waals surface area contributed by atoms with E-state index in [0.29, 0.717) is 42.2 Å². The standard InChI is InChI=1S/C30H36N2O6/c1-4-17-37-25-8-5-7-23(20-25)27-26(28(33)22-9-11-24(12-10-22)38-21(2)3)29(34)30(35)32(27)14-6-13-31-15-18-36-19-16-31/h4-5,7-12,20-21,27,33H,1,6,13-19H2,2-3H3/b28-26+. The van der Waals surface area contributed by atoms with Crippen LogP contribution in [0, 0.1) is 0 Å². The number of benzene rings is 2. The molecular weight excluding hydrogens is 484 g/mol. The van der Waals surface area contributed by atoms with E-state index in [1.807, 2.05) is 19.9 Å². The molecule has 2 aromatic rings. The fourth-order valence-corrected chi connectivity index (χ4v) is 4.90. The predicted molar refractivity (Wildman–Crippen MR) is 142 cm³/mol. The van der Waals surface area contributed by atoms with Crippen LogP contribution in [0.25, 0.3) is 5.76 Å². The van der Waals surface area contributed by atoms with Gasteiger partial charge < -0.3 is 29.1 Å². The van der Waals surface area contributed by atoms with E-state index in [2.05, 4.69) is 6.58 Å². The normalized spacial score (nSPS) is 19.7. The van der Waals surface area contributed by atoms with E-state index in [1.54, 1.807) is 48.5 Å². The van der Waals surface area contributed by atoms with Crippen molar-refractivity contribution in [1.29, 1.82) is 0 Å². The SMILES string of the molecule is C=CCOc1cccc(C2/C(=C(\[O-])c3ccc(OC(C)C)cc3)C(=O)C(=O)N2CCC[NH+]2CCOCC2)c1. The number of hydrogen-bond donors (Lipinski definition) is 1. The largest absolute Gasteiger partial charge is 0.872 e. The number of amides is 1. The summed E-state index contributed by atoms with van der Waals surface area (Å²) in [5.41, 5.74) is 0.959. The van der Waals surface area contributed by atoms with Crippen molar-refractivity contribution in [3.63, 3.8) is 0 Å². The molecule has 0 saturated carbocycles. The number of likely N-dealkylation sites (tertiary alicyclic amines) is 1. The lowest BCUT2D eigenvalue weighted by molar-refractivity contribution is -0.908. The first kappa shape index (κ1) is 27.4. The Kier molecular flexibility index (Phi) is 9.20. The summed E-state index contributed by atoms with van der Waals surface area (Å²) in [5.74, 6) is -0.644. The highest BCUT2D eigenvalue weighted by Crippen LogP contribution is 2.39. The van der Waals surface area contributed by atoms with Gasteiger partial charge in [0.15, 0.2) is 0 Å². The quantitative estimate of drug-likeness (QED) is 0.209. The smallest absolute Gasteiger partial charge is 0.295 e. The lowest BCUT2D eigenvalue weighted by Gasteiger charge is -2.29. The molecule has 2 saturated heterocycles. The van der Waals surface area contributed by atoms with Crippen LogP contribution in [-0.4, -0.2) is 68.7 Å². The van der Waals surface area contributed by atoms with Crippen LogP contribution in [0.3, 0.4) is 0 Å². The van der Waals surface area contributed by atoms with E-state index in [-0.39, 0.29) is 11.7 Å². The van der Waals surface area contributed by atoms with Gasteiger partial charge in [-0.05, 0) is 49.2 Å². The van der Waals surface area contributed by atoms with Gasteiger partial charge in [-0.2, -0.15) is 0 Å². The number of morpholine rings is 1. The van der Waals surface area contributed by atoms with Crippen LogP contribution in [0.1, 0.15) is 37.4 Å². The zero-order valence-electron chi connectivity index (χ0n) is 22.1. The van der Waals surface area contributed by atoms with Crippen LogP contribution >= 0.6 is 0 Å². The summed E-state index contributed by atoms with van der Waals surface area (Å²) in [6, 6.07) is 13.1. The first-order chi connectivity index (χ1) is 18.4. The minimum absolute atomic E-state index is 0.00668. The molecule has 38 heavy (non-hydrogen) atoms. The fraction of sp³-hybridized carbons (Fsp3) is 0.400. The summed E-state index contributed by atoms with van der Waals surface area (Å²) < 4.78 is 16.8. The zero-order valence-corrected chi connectivity index (χ0v) is 22.1. The Morgan fingerprint density at radius 3 is 2.58 bits per heavy atom. The van der Waals surface area contributed by atoms with E-state index in [9.17, 15) is 14.7 Å². The van der Waals surface area contributed by atoms with Crippen LogP contribution in [-0.2, 0) is 14.3 Å². The second-order valence-corrected chi connectivity index (χ2v) is 9.80. The van der Waals surface area contributed by atoms with Crippen molar-refractivity contribution in [3.05, 3.63) is 77.9 Å². The molecule has 1 atom stereocenters. The van der Waals surface area contributed by atoms with Gasteiger partial charge in [-0.3, -0.25) is 9.59 Å². The molecule has 1 unspecified atom stereocenters. The second-order valence-electron chi connectivity index (χ2n) is 9.80. The highest BCUT2D eigenvalue weighted by atomic mass is 16.5. The van der Waals surface area contributed by atoms with Crippen molar-refractivity contribution in [2.75, 3.05) is 46.0 Å². The molecule has 2 aromatic carbocycles. The van der Waals surface area contributed by atoms with Crippen LogP contribution in [0.5, 0.6) is 11.5 Å². The fourth-order valence-electron chi connectivity index (χ4n) is 4.90. The Hall–Kier alpha value is -3.62. The number of nitrogens with one attached hydrogen (secondary N) is 1. The first-order valence-electron chi connectivity index (χ1n) is 13.2. The van der Waals surface area contributed by atoms with Gasteiger partial charge in [-0.25, -0.2) is 0 Å². The van der Waals surface area contributed by atoms with E-state index in [4.69, 9.17) is 14.2 Å². The lowest BCUT2D eigenvalue weighted by Crippen LogP contribution is -3.14. The molecule has 2 aliphatic heterocycles. The molecule has 8 heteroatoms. The number of ketones is 1. The van der Waals surface area contributed by atoms with Crippen molar-refractivity contribution in [2.24, 2.45) is 0 Å². The number of quaternary nitrogens is 1. The number of ether oxygens (including phenoxy) is 3. The van der Waals surface area contributed by atoms with Crippen molar-refractivity contribution < 1.29 is 33.8 Å². The van der Waals surface area contributed by atoms with E-state index < -0.39 is 23.5 Å². The molecule has 2 aliphatic rings. The molecule has 202 valence electrons. The average Bonchev–Trinajstić information content (AvgIpc) is 3.17. The van der Waals surface area contributed by atoms with Gasteiger partial charge in [0.2, 0.25) is 5.78 Å². The van der Waals surface area contributed by atoms with Gasteiger partial charge in [0.05, 0.1) is 31.9 Å². The summed E-state index contributed by atoms with van der Waals surface area (Å²) in [6.07, 6.45) is 2.34. The molecule has 1 amide bonds. The maximum absolute atomic E-state index is 13.7. The number of rotatable bonds is 11. The Morgan fingerprint density at radius 2 is 1.89 bits per heavy atom. The first-order valence-corrected chi connectivity index (χ1v) is 13.2. The minimum Gasteiger partial charge on any atom is -0.872 e. The summed E-state index contributed by atoms with van der Waals surface area (Å²) >= 11 is 0.